The van der Waals surface area contributed by atoms with Gasteiger partial charge in [-0.3, -0.25) is 0 Å². The molecule has 8 heavy (non-hydrogen) atoms. The van der Waals surface area contributed by atoms with Crippen LogP contribution in [-0.4, -0.2) is 38.9 Å². The van der Waals surface area contributed by atoms with Crippen molar-refractivity contribution in [1.82, 2.24) is 3.88 Å². The standard InChI is InChI=1S/C5H11NO.Al.H/c1-4(6-3)5(2)7;;/h4-5H,1-3H3;;/q-2;+2;. The maximum Gasteiger partial charge on any atom is 0.555 e. The van der Waals surface area contributed by atoms with Crippen LogP contribution in [0.4, 0.5) is 0 Å². The Morgan fingerprint density at radius 2 is 2.12 bits per heavy atom. The molecule has 0 spiro atoms. The van der Waals surface area contributed by atoms with Gasteiger partial charge in [0.05, 0.1) is 0 Å². The molecule has 1 aliphatic rings. The third kappa shape index (κ3) is 1.06. The minimum Gasteiger partial charge on any atom is -0.487 e. The largest absolute Gasteiger partial charge is 0.555 e. The van der Waals surface area contributed by atoms with Gasteiger partial charge in [-0.15, -0.1) is 0 Å². The molecule has 2 nitrogen and oxygen atoms in total. The highest BCUT2D eigenvalue weighted by atomic mass is 27.1. The van der Waals surface area contributed by atoms with Crippen molar-refractivity contribution in [1.29, 1.82) is 0 Å². The summed E-state index contributed by atoms with van der Waals surface area (Å²) in [5.41, 5.74) is 0. The summed E-state index contributed by atoms with van der Waals surface area (Å²) >= 11 is -0.294. The monoisotopic (exact) mass is 129 g/mol. The normalized spacial score (nSPS) is 39.9. The summed E-state index contributed by atoms with van der Waals surface area (Å²) in [4.78, 5) is 0. The Balaban J connectivity index is 2.44. The Labute approximate surface area is 57.1 Å². The first-order chi connectivity index (χ1) is 3.72. The topological polar surface area (TPSA) is 12.5 Å². The first-order valence-corrected chi connectivity index (χ1v) is 4.24. The Hall–Kier alpha value is 0.452. The van der Waals surface area contributed by atoms with E-state index in [2.05, 4.69) is 24.8 Å². The number of hydrogen-bond acceptors (Lipinski definition) is 2. The molecule has 0 aliphatic carbocycles. The van der Waals surface area contributed by atoms with Crippen LogP contribution in [0.25, 0.3) is 0 Å². The molecule has 0 bridgehead atoms. The van der Waals surface area contributed by atoms with Crippen molar-refractivity contribution in [3.63, 3.8) is 0 Å². The second-order valence-corrected chi connectivity index (χ2v) is 4.09. The lowest BCUT2D eigenvalue weighted by molar-refractivity contribution is 0.230. The van der Waals surface area contributed by atoms with Gasteiger partial charge in [0.1, 0.15) is 0 Å². The van der Waals surface area contributed by atoms with Crippen molar-refractivity contribution in [2.45, 2.75) is 26.0 Å². The van der Waals surface area contributed by atoms with Gasteiger partial charge < -0.3 is 7.67 Å². The summed E-state index contributed by atoms with van der Waals surface area (Å²) in [7, 11) is 2.14. The van der Waals surface area contributed by atoms with Crippen LogP contribution in [0, 0.1) is 0 Å². The lowest BCUT2D eigenvalue weighted by Crippen LogP contribution is -2.28. The van der Waals surface area contributed by atoms with E-state index in [0.29, 0.717) is 12.1 Å². The molecule has 2 unspecified atom stereocenters. The number of rotatable bonds is 0. The van der Waals surface area contributed by atoms with Crippen LogP contribution in [0.2, 0.25) is 0 Å². The van der Waals surface area contributed by atoms with E-state index in [1.165, 1.54) is 0 Å². The zero-order valence-corrected chi connectivity index (χ0v) is 7.13. The minimum absolute atomic E-state index is 0.294. The summed E-state index contributed by atoms with van der Waals surface area (Å²) < 4.78 is 7.78. The molecular weight excluding hydrogens is 117 g/mol. The zero-order chi connectivity index (χ0) is 6.15. The van der Waals surface area contributed by atoms with E-state index >= 15 is 0 Å². The molecule has 0 amide bonds. The SMILES string of the molecule is CC1[O][AlH][N](C)C1C. The van der Waals surface area contributed by atoms with Gasteiger partial charge in [0, 0.05) is 12.1 Å². The molecule has 0 saturated carbocycles. The number of hydrogen-bond donors (Lipinski definition) is 0. The van der Waals surface area contributed by atoms with Crippen LogP contribution in [0.3, 0.4) is 0 Å². The molecule has 3 heteroatoms. The highest BCUT2D eigenvalue weighted by Gasteiger charge is 2.26. The van der Waals surface area contributed by atoms with Crippen LogP contribution < -0.4 is 0 Å². The van der Waals surface area contributed by atoms with Crippen LogP contribution in [-0.2, 0) is 3.79 Å². The van der Waals surface area contributed by atoms with Gasteiger partial charge in [-0.05, 0) is 20.9 Å². The lowest BCUT2D eigenvalue weighted by Gasteiger charge is -2.16. The fourth-order valence-electron chi connectivity index (χ4n) is 0.850. The van der Waals surface area contributed by atoms with Crippen LogP contribution >= 0.6 is 0 Å². The molecule has 0 radical (unpaired) electrons. The Morgan fingerprint density at radius 3 is 2.25 bits per heavy atom. The molecule has 1 aliphatic heterocycles. The summed E-state index contributed by atoms with van der Waals surface area (Å²) in [6, 6.07) is 0.654. The molecule has 1 heterocycles. The molecule has 2 atom stereocenters. The van der Waals surface area contributed by atoms with Gasteiger partial charge in [0.25, 0.3) is 0 Å². The van der Waals surface area contributed by atoms with Crippen molar-refractivity contribution in [2.24, 2.45) is 0 Å². The second-order valence-electron chi connectivity index (χ2n) is 2.50. The smallest absolute Gasteiger partial charge is 0.487 e. The van der Waals surface area contributed by atoms with E-state index in [-0.39, 0.29) is 15.8 Å². The van der Waals surface area contributed by atoms with E-state index in [4.69, 9.17) is 3.79 Å². The summed E-state index contributed by atoms with van der Waals surface area (Å²) in [5, 5.41) is 0. The second kappa shape index (κ2) is 2.37. The first-order valence-electron chi connectivity index (χ1n) is 3.03. The fourth-order valence-corrected chi connectivity index (χ4v) is 2.13. The van der Waals surface area contributed by atoms with Crippen LogP contribution in [0.5, 0.6) is 0 Å². The number of nitrogens with zero attached hydrogens (tertiary/aromatic N) is 1. The van der Waals surface area contributed by atoms with Crippen molar-refractivity contribution in [3.8, 4) is 0 Å². The van der Waals surface area contributed by atoms with E-state index < -0.39 is 0 Å². The van der Waals surface area contributed by atoms with Gasteiger partial charge in [-0.1, -0.05) is 0 Å². The summed E-state index contributed by atoms with van der Waals surface area (Å²) in [5.74, 6) is 0. The van der Waals surface area contributed by atoms with E-state index in [0.717, 1.165) is 0 Å². The summed E-state index contributed by atoms with van der Waals surface area (Å²) in [6.07, 6.45) is 0.478. The van der Waals surface area contributed by atoms with E-state index in [1.54, 1.807) is 0 Å². The van der Waals surface area contributed by atoms with Crippen LogP contribution in [0.15, 0.2) is 0 Å². The third-order valence-electron chi connectivity index (χ3n) is 1.92. The van der Waals surface area contributed by atoms with Gasteiger partial charge in [-0.2, -0.15) is 0 Å². The molecule has 0 aromatic rings. The predicted octanol–water partition coefficient (Wildman–Crippen LogP) is -0.00810. The Bertz CT molecular complexity index is 78.5. The Kier molecular flexibility index (Phi) is 1.94. The average Bonchev–Trinajstić information content (AvgIpc) is 1.98. The quantitative estimate of drug-likeness (QED) is 0.426. The predicted molar refractivity (Wildman–Crippen MR) is 34.9 cm³/mol. The van der Waals surface area contributed by atoms with Crippen molar-refractivity contribution in [3.05, 3.63) is 0 Å². The third-order valence-corrected chi connectivity index (χ3v) is 3.57. The zero-order valence-electron chi connectivity index (χ0n) is 5.72. The first kappa shape index (κ1) is 6.57. The minimum atomic E-state index is -0.294. The average molecular weight is 129 g/mol. The van der Waals surface area contributed by atoms with Crippen LogP contribution in [0.1, 0.15) is 13.8 Å². The summed E-state index contributed by atoms with van der Waals surface area (Å²) in [6.45, 7) is 4.35. The molecule has 1 rings (SSSR count). The molecular formula is C5H12AlNO. The molecule has 0 N–H and O–H groups in total. The van der Waals surface area contributed by atoms with Crippen molar-refractivity contribution < 1.29 is 3.79 Å². The molecule has 46 valence electrons. The van der Waals surface area contributed by atoms with Crippen molar-refractivity contribution >= 4 is 15.8 Å². The molecule has 1 fully saturated rings. The van der Waals surface area contributed by atoms with Gasteiger partial charge >= 0.3 is 15.8 Å². The number of likely N-dealkylation sites (N-methyl/N-ethyl adjacent to an activating group) is 1. The highest BCUT2D eigenvalue weighted by Crippen LogP contribution is 2.10. The molecule has 1 saturated heterocycles. The lowest BCUT2D eigenvalue weighted by atomic mass is 10.2. The fraction of sp³-hybridized carbons (Fsp3) is 1.00. The maximum absolute atomic E-state index is 5.44. The van der Waals surface area contributed by atoms with Crippen molar-refractivity contribution in [2.75, 3.05) is 7.05 Å². The molecule has 0 aromatic heterocycles. The van der Waals surface area contributed by atoms with E-state index in [1.807, 2.05) is 0 Å². The highest BCUT2D eigenvalue weighted by molar-refractivity contribution is 6.24. The van der Waals surface area contributed by atoms with Gasteiger partial charge in [0.2, 0.25) is 0 Å². The molecule has 0 aromatic carbocycles. The maximum atomic E-state index is 5.44. The Morgan fingerprint density at radius 1 is 1.50 bits per heavy atom. The van der Waals surface area contributed by atoms with E-state index in [9.17, 15) is 0 Å². The van der Waals surface area contributed by atoms with Gasteiger partial charge in [-0.25, -0.2) is 0 Å². The van der Waals surface area contributed by atoms with Gasteiger partial charge in [0.15, 0.2) is 0 Å².